The number of hydrogen-bond acceptors (Lipinski definition) is 6. The summed E-state index contributed by atoms with van der Waals surface area (Å²) in [4.78, 5) is 44.2. The molecule has 0 radical (unpaired) electrons. The van der Waals surface area contributed by atoms with E-state index < -0.39 is 29.0 Å². The second kappa shape index (κ2) is 5.48. The van der Waals surface area contributed by atoms with Crippen LogP contribution in [0.2, 0.25) is 0 Å². The first-order valence-electron chi connectivity index (χ1n) is 6.92. The summed E-state index contributed by atoms with van der Waals surface area (Å²) in [6.45, 7) is 0. The van der Waals surface area contributed by atoms with Crippen LogP contribution in [-0.2, 0) is 4.79 Å². The Labute approximate surface area is 135 Å². The molecule has 0 saturated carbocycles. The molecule has 2 aliphatic rings. The van der Waals surface area contributed by atoms with Crippen LogP contribution in [0.1, 0.15) is 31.1 Å². The van der Waals surface area contributed by atoms with Crippen LogP contribution in [-0.4, -0.2) is 39.3 Å². The van der Waals surface area contributed by atoms with Crippen molar-refractivity contribution in [3.63, 3.8) is 0 Å². The molecule has 7 heteroatoms. The molecule has 24 heavy (non-hydrogen) atoms. The van der Waals surface area contributed by atoms with Gasteiger partial charge >= 0.3 is 0 Å². The maximum Gasteiger partial charge on any atom is 0.296 e. The lowest BCUT2D eigenvalue weighted by Crippen LogP contribution is -2.40. The molecule has 1 heterocycles. The number of hydrogen-bond donors (Lipinski definition) is 3. The maximum absolute atomic E-state index is 11.2. The van der Waals surface area contributed by atoms with Gasteiger partial charge in [-0.25, -0.2) is 0 Å². The fourth-order valence-electron chi connectivity index (χ4n) is 2.45. The monoisotopic (exact) mass is 325 g/mol. The number of aliphatic hydroxyl groups is 2. The molecule has 1 amide bonds. The van der Waals surface area contributed by atoms with Crippen LogP contribution in [0, 0.1) is 0 Å². The van der Waals surface area contributed by atoms with E-state index in [4.69, 9.17) is 10.2 Å². The first kappa shape index (κ1) is 15.7. The number of para-hydroxylation sites is 1. The first-order chi connectivity index (χ1) is 11.3. The third-order valence-corrected chi connectivity index (χ3v) is 3.68. The number of rotatable bonds is 0. The van der Waals surface area contributed by atoms with Gasteiger partial charge in [-0.3, -0.25) is 19.2 Å². The van der Waals surface area contributed by atoms with Crippen molar-refractivity contribution in [2.24, 2.45) is 0 Å². The quantitative estimate of drug-likeness (QED) is 0.370. The van der Waals surface area contributed by atoms with E-state index in [1.54, 1.807) is 36.4 Å². The van der Waals surface area contributed by atoms with Gasteiger partial charge in [0.2, 0.25) is 11.6 Å². The lowest BCUT2D eigenvalue weighted by Gasteiger charge is -2.08. The largest absolute Gasteiger partial charge is 0.353 e. The number of Topliss-reactive ketones (excluding diaryl/α,β-unsaturated/α-hetero) is 3. The molecule has 0 spiro atoms. The highest BCUT2D eigenvalue weighted by atomic mass is 16.5. The Morgan fingerprint density at radius 1 is 0.708 bits per heavy atom. The molecule has 0 atom stereocenters. The third-order valence-electron chi connectivity index (χ3n) is 3.68. The van der Waals surface area contributed by atoms with E-state index in [-0.39, 0.29) is 11.1 Å². The Morgan fingerprint density at radius 3 is 1.67 bits per heavy atom. The highest BCUT2D eigenvalue weighted by Gasteiger charge is 2.50. The van der Waals surface area contributed by atoms with Crippen LogP contribution in [0.25, 0.3) is 0 Å². The predicted molar refractivity (Wildman–Crippen MR) is 81.7 cm³/mol. The number of fused-ring (bicyclic) bond motifs is 2. The predicted octanol–water partition coefficient (Wildman–Crippen LogP) is 0.568. The normalized spacial score (nSPS) is 16.9. The van der Waals surface area contributed by atoms with Crippen molar-refractivity contribution in [1.29, 1.82) is 0 Å². The molecule has 120 valence electrons. The molecule has 1 aliphatic carbocycles. The number of amides is 1. The molecule has 4 rings (SSSR count). The average molecular weight is 325 g/mol. The highest BCUT2D eigenvalue weighted by Crippen LogP contribution is 2.27. The molecule has 2 aromatic rings. The van der Waals surface area contributed by atoms with Crippen LogP contribution >= 0.6 is 0 Å². The molecule has 2 aromatic carbocycles. The lowest BCUT2D eigenvalue weighted by atomic mass is 10.1. The number of anilines is 1. The zero-order valence-electron chi connectivity index (χ0n) is 12.1. The summed E-state index contributed by atoms with van der Waals surface area (Å²) in [6.07, 6.45) is 0. The van der Waals surface area contributed by atoms with E-state index >= 15 is 0 Å². The van der Waals surface area contributed by atoms with Gasteiger partial charge in [0.05, 0.1) is 11.3 Å². The number of benzene rings is 2. The lowest BCUT2D eigenvalue weighted by molar-refractivity contribution is -0.112. The Morgan fingerprint density at radius 2 is 1.17 bits per heavy atom. The SMILES string of the molecule is O=C1Nc2ccccc2C1=O.O=C1c2ccccc2C(=O)C1(O)O. The molecule has 0 fully saturated rings. The van der Waals surface area contributed by atoms with Crippen LogP contribution in [0.5, 0.6) is 0 Å². The molecule has 0 aromatic heterocycles. The van der Waals surface area contributed by atoms with Gasteiger partial charge in [0, 0.05) is 11.1 Å². The Hall–Kier alpha value is -3.16. The second-order valence-electron chi connectivity index (χ2n) is 5.20. The highest BCUT2D eigenvalue weighted by molar-refractivity contribution is 6.51. The summed E-state index contributed by atoms with van der Waals surface area (Å²) >= 11 is 0. The fraction of sp³-hybridized carbons (Fsp3) is 0.0588. The zero-order chi connectivity index (χ0) is 17.5. The van der Waals surface area contributed by atoms with Crippen molar-refractivity contribution >= 4 is 28.9 Å². The van der Waals surface area contributed by atoms with E-state index in [1.165, 1.54) is 12.1 Å². The van der Waals surface area contributed by atoms with Crippen LogP contribution in [0.3, 0.4) is 0 Å². The summed E-state index contributed by atoms with van der Waals surface area (Å²) in [7, 11) is 0. The molecule has 0 bridgehead atoms. The third kappa shape index (κ3) is 2.32. The topological polar surface area (TPSA) is 121 Å². The molecule has 1 aliphatic heterocycles. The molecule has 7 nitrogen and oxygen atoms in total. The molecule has 3 N–H and O–H groups in total. The second-order valence-corrected chi connectivity index (χ2v) is 5.20. The van der Waals surface area contributed by atoms with Crippen molar-refractivity contribution in [1.82, 2.24) is 0 Å². The van der Waals surface area contributed by atoms with Gasteiger partial charge in [0.25, 0.3) is 17.5 Å². The standard InChI is InChI=1S/C9H6O4.C8H5NO2/c10-7-5-3-1-2-4-6(5)8(11)9(7,12)13;10-7-5-3-1-2-4-6(5)9-8(7)11/h1-4,12-13H;1-4H,(H,9,10,11). The minimum absolute atomic E-state index is 0.0671. The Kier molecular flexibility index (Phi) is 3.59. The number of ketones is 3. The molecule has 0 unspecified atom stereocenters. The number of carbonyl (C=O) groups excluding carboxylic acids is 4. The fourth-order valence-corrected chi connectivity index (χ4v) is 2.45. The van der Waals surface area contributed by atoms with Crippen LogP contribution in [0.15, 0.2) is 48.5 Å². The van der Waals surface area contributed by atoms with Crippen molar-refractivity contribution in [2.75, 3.05) is 5.32 Å². The van der Waals surface area contributed by atoms with Gasteiger partial charge in [0.1, 0.15) is 0 Å². The summed E-state index contributed by atoms with van der Waals surface area (Å²) in [5.74, 6) is -5.74. The smallest absolute Gasteiger partial charge is 0.296 e. The first-order valence-corrected chi connectivity index (χ1v) is 6.92. The van der Waals surface area contributed by atoms with Gasteiger partial charge in [-0.2, -0.15) is 0 Å². The maximum atomic E-state index is 11.2. The van der Waals surface area contributed by atoms with Gasteiger partial charge in [0.15, 0.2) is 0 Å². The summed E-state index contributed by atoms with van der Waals surface area (Å²) in [6, 6.07) is 12.8. The minimum atomic E-state index is -2.86. The van der Waals surface area contributed by atoms with Crippen molar-refractivity contribution in [3.8, 4) is 0 Å². The minimum Gasteiger partial charge on any atom is -0.353 e. The van der Waals surface area contributed by atoms with Crippen LogP contribution in [0.4, 0.5) is 5.69 Å². The van der Waals surface area contributed by atoms with Crippen molar-refractivity contribution in [2.45, 2.75) is 5.79 Å². The van der Waals surface area contributed by atoms with Crippen LogP contribution < -0.4 is 5.32 Å². The Bertz CT molecular complexity index is 862. The number of carbonyl (C=O) groups is 4. The van der Waals surface area contributed by atoms with Gasteiger partial charge in [-0.15, -0.1) is 0 Å². The van der Waals surface area contributed by atoms with E-state index in [2.05, 4.69) is 5.32 Å². The molecular formula is C17H11NO6. The van der Waals surface area contributed by atoms with Gasteiger partial charge < -0.3 is 15.5 Å². The van der Waals surface area contributed by atoms with E-state index in [9.17, 15) is 19.2 Å². The van der Waals surface area contributed by atoms with Crippen molar-refractivity contribution in [3.05, 3.63) is 65.2 Å². The average Bonchev–Trinajstić information content (AvgIpc) is 2.97. The zero-order valence-corrected chi connectivity index (χ0v) is 12.1. The van der Waals surface area contributed by atoms with Crippen molar-refractivity contribution < 1.29 is 29.4 Å². The van der Waals surface area contributed by atoms with Gasteiger partial charge in [-0.05, 0) is 12.1 Å². The van der Waals surface area contributed by atoms with Gasteiger partial charge in [-0.1, -0.05) is 36.4 Å². The van der Waals surface area contributed by atoms with E-state index in [0.29, 0.717) is 11.3 Å². The molecular weight excluding hydrogens is 314 g/mol. The summed E-state index contributed by atoms with van der Waals surface area (Å²) < 4.78 is 0. The summed E-state index contributed by atoms with van der Waals surface area (Å²) in [5.41, 5.74) is 1.22. The molecule has 0 saturated heterocycles. The van der Waals surface area contributed by atoms with E-state index in [1.807, 2.05) is 0 Å². The number of nitrogens with one attached hydrogen (secondary N) is 1. The summed E-state index contributed by atoms with van der Waals surface area (Å²) in [5, 5.41) is 20.7. The van der Waals surface area contributed by atoms with E-state index in [0.717, 1.165) is 0 Å². The Balaban J connectivity index is 0.000000143.